The molecular formula is C13H18N4O2. The zero-order chi connectivity index (χ0) is 13.7. The van der Waals surface area contributed by atoms with Crippen molar-refractivity contribution in [1.82, 2.24) is 14.9 Å². The summed E-state index contributed by atoms with van der Waals surface area (Å²) in [5.41, 5.74) is 0.536. The molecular weight excluding hydrogens is 244 g/mol. The molecule has 0 spiro atoms. The first kappa shape index (κ1) is 12.2. The van der Waals surface area contributed by atoms with Crippen LogP contribution in [0.15, 0.2) is 4.79 Å². The maximum atomic E-state index is 12.5. The summed E-state index contributed by atoms with van der Waals surface area (Å²) in [5.74, 6) is 1.10. The van der Waals surface area contributed by atoms with Gasteiger partial charge in [-0.25, -0.2) is 9.78 Å². The smallest absolute Gasteiger partial charge is 0.317 e. The second-order valence-electron chi connectivity index (χ2n) is 5.49. The van der Waals surface area contributed by atoms with Crippen molar-refractivity contribution in [2.45, 2.75) is 45.7 Å². The number of hydrogen-bond acceptors (Lipinski definition) is 3. The summed E-state index contributed by atoms with van der Waals surface area (Å²) >= 11 is 0. The van der Waals surface area contributed by atoms with Gasteiger partial charge in [0.25, 0.3) is 5.56 Å². The van der Waals surface area contributed by atoms with E-state index in [1.54, 1.807) is 16.7 Å². The third-order valence-corrected chi connectivity index (χ3v) is 3.84. The lowest BCUT2D eigenvalue weighted by Gasteiger charge is -2.39. The first-order valence-corrected chi connectivity index (χ1v) is 6.71. The van der Waals surface area contributed by atoms with E-state index in [-0.39, 0.29) is 23.7 Å². The van der Waals surface area contributed by atoms with Gasteiger partial charge in [-0.1, -0.05) is 0 Å². The van der Waals surface area contributed by atoms with Crippen molar-refractivity contribution < 1.29 is 4.79 Å². The molecule has 0 saturated carbocycles. The minimum Gasteiger partial charge on any atom is -0.317 e. The number of carbonyl (C=O) groups is 1. The van der Waals surface area contributed by atoms with Crippen molar-refractivity contribution in [1.29, 1.82) is 0 Å². The first-order chi connectivity index (χ1) is 9.00. The van der Waals surface area contributed by atoms with Crippen molar-refractivity contribution in [2.75, 3.05) is 11.4 Å². The predicted molar refractivity (Wildman–Crippen MR) is 71.3 cm³/mol. The Hall–Kier alpha value is -1.85. The topological polar surface area (TPSA) is 69.3 Å². The van der Waals surface area contributed by atoms with Gasteiger partial charge in [0.2, 0.25) is 0 Å². The van der Waals surface area contributed by atoms with Crippen LogP contribution in [0.4, 0.5) is 10.6 Å². The molecule has 1 N–H and O–H groups in total. The molecule has 2 amide bonds. The molecule has 1 fully saturated rings. The van der Waals surface area contributed by atoms with E-state index in [4.69, 9.17) is 0 Å². The molecule has 1 aromatic rings. The Morgan fingerprint density at radius 1 is 1.37 bits per heavy atom. The Morgan fingerprint density at radius 3 is 2.79 bits per heavy atom. The summed E-state index contributed by atoms with van der Waals surface area (Å²) in [6, 6.07) is -0.140. The second-order valence-corrected chi connectivity index (χ2v) is 5.49. The Bertz CT molecular complexity index is 593. The number of aryl methyl sites for hydroxylation is 1. The van der Waals surface area contributed by atoms with Gasteiger partial charge in [0.05, 0.1) is 11.6 Å². The molecule has 6 heteroatoms. The van der Waals surface area contributed by atoms with E-state index in [0.29, 0.717) is 17.2 Å². The summed E-state index contributed by atoms with van der Waals surface area (Å²) in [4.78, 5) is 35.4. The largest absolute Gasteiger partial charge is 0.326 e. The highest BCUT2D eigenvalue weighted by Gasteiger charge is 2.43. The zero-order valence-corrected chi connectivity index (χ0v) is 11.4. The maximum Gasteiger partial charge on any atom is 0.326 e. The standard InChI is InChI=1S/C13H18N4O2/c1-7(2)17-11-10(12(18)15-8(3)14-11)9-5-4-6-16(9)13(17)19/h7,9H,4-6H2,1-3H3,(H,14,15,18). The molecule has 1 saturated heterocycles. The quantitative estimate of drug-likeness (QED) is 0.835. The van der Waals surface area contributed by atoms with E-state index >= 15 is 0 Å². The molecule has 19 heavy (non-hydrogen) atoms. The number of nitrogens with one attached hydrogen (secondary N) is 1. The van der Waals surface area contributed by atoms with Crippen molar-refractivity contribution in [3.8, 4) is 0 Å². The van der Waals surface area contributed by atoms with Gasteiger partial charge in [-0.15, -0.1) is 0 Å². The van der Waals surface area contributed by atoms with Crippen molar-refractivity contribution in [3.05, 3.63) is 21.7 Å². The molecule has 6 nitrogen and oxygen atoms in total. The van der Waals surface area contributed by atoms with Gasteiger partial charge in [-0.05, 0) is 33.6 Å². The Balaban J connectivity index is 2.26. The monoisotopic (exact) mass is 262 g/mol. The number of rotatable bonds is 1. The predicted octanol–water partition coefficient (Wildman–Crippen LogP) is 1.56. The van der Waals surface area contributed by atoms with Crippen LogP contribution in [0.25, 0.3) is 0 Å². The molecule has 3 rings (SSSR count). The lowest BCUT2D eigenvalue weighted by atomic mass is 10.0. The van der Waals surface area contributed by atoms with Crippen LogP contribution >= 0.6 is 0 Å². The van der Waals surface area contributed by atoms with Crippen molar-refractivity contribution in [2.24, 2.45) is 0 Å². The highest BCUT2D eigenvalue weighted by Crippen LogP contribution is 2.40. The fourth-order valence-electron chi connectivity index (χ4n) is 3.05. The summed E-state index contributed by atoms with van der Waals surface area (Å²) < 4.78 is 0. The van der Waals surface area contributed by atoms with Crippen LogP contribution in [0.5, 0.6) is 0 Å². The van der Waals surface area contributed by atoms with Gasteiger partial charge in [-0.3, -0.25) is 9.69 Å². The Labute approximate surface area is 111 Å². The highest BCUT2D eigenvalue weighted by molar-refractivity contribution is 5.95. The van der Waals surface area contributed by atoms with Gasteiger partial charge in [0.15, 0.2) is 0 Å². The fraction of sp³-hybridized carbons (Fsp3) is 0.615. The number of nitrogens with zero attached hydrogens (tertiary/aromatic N) is 3. The third-order valence-electron chi connectivity index (χ3n) is 3.84. The maximum absolute atomic E-state index is 12.5. The summed E-state index contributed by atoms with van der Waals surface area (Å²) in [5, 5.41) is 0. The molecule has 0 aliphatic carbocycles. The fourth-order valence-corrected chi connectivity index (χ4v) is 3.05. The van der Waals surface area contributed by atoms with Gasteiger partial charge < -0.3 is 9.88 Å². The number of aromatic amines is 1. The summed E-state index contributed by atoms with van der Waals surface area (Å²) in [7, 11) is 0. The average Bonchev–Trinajstić information content (AvgIpc) is 2.76. The minimum absolute atomic E-state index is 0.0125. The van der Waals surface area contributed by atoms with Gasteiger partial charge in [0, 0.05) is 12.6 Å². The van der Waals surface area contributed by atoms with Crippen LogP contribution in [0.1, 0.15) is 44.1 Å². The van der Waals surface area contributed by atoms with Crippen LogP contribution in [0.3, 0.4) is 0 Å². The number of hydrogen-bond donors (Lipinski definition) is 1. The molecule has 2 aliphatic rings. The van der Waals surface area contributed by atoms with E-state index in [9.17, 15) is 9.59 Å². The number of urea groups is 1. The van der Waals surface area contributed by atoms with E-state index in [1.165, 1.54) is 0 Å². The summed E-state index contributed by atoms with van der Waals surface area (Å²) in [6.45, 7) is 6.34. The molecule has 102 valence electrons. The number of aromatic nitrogens is 2. The number of fused-ring (bicyclic) bond motifs is 3. The number of amides is 2. The van der Waals surface area contributed by atoms with E-state index in [2.05, 4.69) is 9.97 Å². The average molecular weight is 262 g/mol. The summed E-state index contributed by atoms with van der Waals surface area (Å²) in [6.07, 6.45) is 1.79. The third kappa shape index (κ3) is 1.66. The van der Waals surface area contributed by atoms with Crippen LogP contribution < -0.4 is 10.5 Å². The minimum atomic E-state index is -0.113. The van der Waals surface area contributed by atoms with Gasteiger partial charge >= 0.3 is 6.03 Å². The molecule has 1 aromatic heterocycles. The van der Waals surface area contributed by atoms with E-state index in [0.717, 1.165) is 19.4 Å². The van der Waals surface area contributed by atoms with E-state index in [1.807, 2.05) is 13.8 Å². The molecule has 1 unspecified atom stereocenters. The molecule has 0 aromatic carbocycles. The van der Waals surface area contributed by atoms with Crippen molar-refractivity contribution in [3.63, 3.8) is 0 Å². The van der Waals surface area contributed by atoms with Crippen LogP contribution in [-0.2, 0) is 0 Å². The Morgan fingerprint density at radius 2 is 2.11 bits per heavy atom. The first-order valence-electron chi connectivity index (χ1n) is 6.71. The number of anilines is 1. The van der Waals surface area contributed by atoms with Gasteiger partial charge in [-0.2, -0.15) is 0 Å². The zero-order valence-electron chi connectivity index (χ0n) is 11.4. The van der Waals surface area contributed by atoms with Gasteiger partial charge in [0.1, 0.15) is 11.6 Å². The molecule has 3 heterocycles. The number of carbonyl (C=O) groups excluding carboxylic acids is 1. The van der Waals surface area contributed by atoms with E-state index < -0.39 is 0 Å². The van der Waals surface area contributed by atoms with Crippen LogP contribution in [0, 0.1) is 6.92 Å². The lowest BCUT2D eigenvalue weighted by Crippen LogP contribution is -2.52. The lowest BCUT2D eigenvalue weighted by molar-refractivity contribution is 0.192. The molecule has 1 atom stereocenters. The highest BCUT2D eigenvalue weighted by atomic mass is 16.2. The molecule has 2 aliphatic heterocycles. The van der Waals surface area contributed by atoms with Crippen LogP contribution in [0.2, 0.25) is 0 Å². The number of H-pyrrole nitrogens is 1. The normalized spacial score (nSPS) is 21.9. The Kier molecular flexibility index (Phi) is 2.62. The molecule has 0 radical (unpaired) electrons. The SMILES string of the molecule is Cc1nc2c(c(=O)[nH]1)C1CCCN1C(=O)N2C(C)C. The van der Waals surface area contributed by atoms with Crippen LogP contribution in [-0.4, -0.2) is 33.5 Å². The second kappa shape index (κ2) is 4.08. The van der Waals surface area contributed by atoms with Crippen molar-refractivity contribution >= 4 is 11.8 Å². The molecule has 0 bridgehead atoms.